The van der Waals surface area contributed by atoms with Gasteiger partial charge in [0.2, 0.25) is 0 Å². The molecular weight excluding hydrogens is 359 g/mol. The van der Waals surface area contributed by atoms with Gasteiger partial charge < -0.3 is 5.73 Å². The first-order valence-corrected chi connectivity index (χ1v) is 7.46. The Hall–Kier alpha value is -2.22. The molecule has 0 saturated heterocycles. The molecule has 2 aromatic rings. The predicted molar refractivity (Wildman–Crippen MR) is 94.1 cm³/mol. The van der Waals surface area contributed by atoms with Crippen LogP contribution in [-0.2, 0) is 0 Å². The molecule has 116 valence electrons. The molecule has 0 amide bonds. The summed E-state index contributed by atoms with van der Waals surface area (Å²) < 4.78 is 0. The fraction of sp³-hybridized carbons (Fsp3) is 0. The number of hydrazone groups is 1. The van der Waals surface area contributed by atoms with Crippen molar-refractivity contribution in [3.05, 3.63) is 61.6 Å². The first kappa shape index (κ1) is 15.7. The average Bonchev–Trinajstić information content (AvgIpc) is 2.76. The maximum Gasteiger partial charge on any atom is 0.279 e. The summed E-state index contributed by atoms with van der Waals surface area (Å²) in [6.45, 7) is 0. The summed E-state index contributed by atoms with van der Waals surface area (Å²) in [6.07, 6.45) is 0. The highest BCUT2D eigenvalue weighted by molar-refractivity contribution is 7.80. The number of nitrogens with one attached hydrogen (secondary N) is 1. The van der Waals surface area contributed by atoms with Gasteiger partial charge in [-0.25, -0.2) is 0 Å². The fourth-order valence-corrected chi connectivity index (χ4v) is 2.94. The van der Waals surface area contributed by atoms with Gasteiger partial charge in [-0.2, -0.15) is 5.10 Å². The van der Waals surface area contributed by atoms with Crippen molar-refractivity contribution in [2.24, 2.45) is 10.8 Å². The molecule has 3 rings (SSSR count). The number of fused-ring (bicyclic) bond motifs is 3. The van der Waals surface area contributed by atoms with Gasteiger partial charge in [-0.05, 0) is 36.0 Å². The fourth-order valence-electron chi connectivity index (χ4n) is 2.51. The van der Waals surface area contributed by atoms with Gasteiger partial charge >= 0.3 is 0 Å². The molecule has 1 aliphatic carbocycles. The maximum absolute atomic E-state index is 11.4. The monoisotopic (exact) mass is 366 g/mol. The second kappa shape index (κ2) is 5.77. The number of halogens is 2. The van der Waals surface area contributed by atoms with E-state index < -0.39 is 4.92 Å². The van der Waals surface area contributed by atoms with Crippen molar-refractivity contribution in [1.82, 2.24) is 5.43 Å². The lowest BCUT2D eigenvalue weighted by Crippen LogP contribution is -2.25. The number of thiocarbonyl (C=S) groups is 1. The number of nitro benzene ring substituents is 1. The Bertz CT molecular complexity index is 899. The highest BCUT2D eigenvalue weighted by Gasteiger charge is 2.32. The van der Waals surface area contributed by atoms with Crippen LogP contribution in [0.15, 0.2) is 35.4 Å². The van der Waals surface area contributed by atoms with Gasteiger partial charge in [0.1, 0.15) is 0 Å². The average molecular weight is 367 g/mol. The third kappa shape index (κ3) is 2.74. The highest BCUT2D eigenvalue weighted by Crippen LogP contribution is 2.44. The lowest BCUT2D eigenvalue weighted by Gasteiger charge is -2.04. The van der Waals surface area contributed by atoms with Gasteiger partial charge in [0, 0.05) is 27.2 Å². The van der Waals surface area contributed by atoms with E-state index in [1.807, 2.05) is 0 Å². The molecule has 0 heterocycles. The van der Waals surface area contributed by atoms with E-state index >= 15 is 0 Å². The van der Waals surface area contributed by atoms with Gasteiger partial charge in [0.15, 0.2) is 5.11 Å². The van der Waals surface area contributed by atoms with Crippen LogP contribution in [0.1, 0.15) is 11.1 Å². The normalized spacial score (nSPS) is 13.6. The van der Waals surface area contributed by atoms with E-state index in [2.05, 4.69) is 10.5 Å². The molecule has 9 heteroatoms. The van der Waals surface area contributed by atoms with Crippen LogP contribution in [0, 0.1) is 10.1 Å². The van der Waals surface area contributed by atoms with Crippen LogP contribution in [0.5, 0.6) is 0 Å². The Morgan fingerprint density at radius 1 is 1.17 bits per heavy atom. The quantitative estimate of drug-likeness (QED) is 0.411. The van der Waals surface area contributed by atoms with Crippen molar-refractivity contribution < 1.29 is 4.92 Å². The lowest BCUT2D eigenvalue weighted by atomic mass is 10.0. The van der Waals surface area contributed by atoms with E-state index in [9.17, 15) is 10.1 Å². The van der Waals surface area contributed by atoms with Crippen molar-refractivity contribution in [2.45, 2.75) is 0 Å². The molecule has 0 fully saturated rings. The number of rotatable bonds is 2. The summed E-state index contributed by atoms with van der Waals surface area (Å²) in [5.74, 6) is 0. The minimum Gasteiger partial charge on any atom is -0.375 e. The second-order valence-corrected chi connectivity index (χ2v) is 6.04. The predicted octanol–water partition coefficient (Wildman–Crippen LogP) is 3.47. The molecule has 0 aliphatic heterocycles. The highest BCUT2D eigenvalue weighted by atomic mass is 35.5. The molecule has 2 aromatic carbocycles. The summed E-state index contributed by atoms with van der Waals surface area (Å²) in [6, 6.07) is 7.96. The van der Waals surface area contributed by atoms with Crippen molar-refractivity contribution in [1.29, 1.82) is 0 Å². The summed E-state index contributed by atoms with van der Waals surface area (Å²) in [7, 11) is 0. The van der Waals surface area contributed by atoms with E-state index in [0.29, 0.717) is 33.0 Å². The Balaban J connectivity index is 2.35. The zero-order valence-corrected chi connectivity index (χ0v) is 13.7. The molecule has 0 aromatic heterocycles. The van der Waals surface area contributed by atoms with Crippen LogP contribution in [0.2, 0.25) is 10.0 Å². The molecule has 0 radical (unpaired) electrons. The summed E-state index contributed by atoms with van der Waals surface area (Å²) in [5, 5.41) is 16.2. The zero-order valence-electron chi connectivity index (χ0n) is 11.3. The minimum atomic E-state index is -0.479. The SMILES string of the molecule is NC(=S)N/N=C1\c2cc(Cl)ccc2-c2c1cc(Cl)cc2[N+](=O)[O-]. The molecule has 23 heavy (non-hydrogen) atoms. The Kier molecular flexibility index (Phi) is 3.93. The first-order chi connectivity index (χ1) is 10.9. The third-order valence-electron chi connectivity index (χ3n) is 3.32. The number of benzene rings is 2. The van der Waals surface area contributed by atoms with Gasteiger partial charge in [-0.3, -0.25) is 15.5 Å². The Morgan fingerprint density at radius 3 is 2.52 bits per heavy atom. The van der Waals surface area contributed by atoms with Crippen molar-refractivity contribution in [2.75, 3.05) is 0 Å². The number of hydrogen-bond acceptors (Lipinski definition) is 4. The van der Waals surface area contributed by atoms with Crippen molar-refractivity contribution >= 4 is 51.9 Å². The largest absolute Gasteiger partial charge is 0.375 e. The molecule has 0 unspecified atom stereocenters. The molecule has 0 bridgehead atoms. The minimum absolute atomic E-state index is 0.0222. The van der Waals surface area contributed by atoms with Crippen LogP contribution in [0.3, 0.4) is 0 Å². The van der Waals surface area contributed by atoms with E-state index in [0.717, 1.165) is 0 Å². The van der Waals surface area contributed by atoms with E-state index in [-0.39, 0.29) is 15.8 Å². The maximum atomic E-state index is 11.4. The van der Waals surface area contributed by atoms with E-state index in [4.69, 9.17) is 41.2 Å². The van der Waals surface area contributed by atoms with E-state index in [1.165, 1.54) is 6.07 Å². The number of nitro groups is 1. The smallest absolute Gasteiger partial charge is 0.279 e. The van der Waals surface area contributed by atoms with Gasteiger partial charge in [0.05, 0.1) is 16.2 Å². The van der Waals surface area contributed by atoms with Crippen molar-refractivity contribution in [3.63, 3.8) is 0 Å². The standard InChI is InChI=1S/C14H8Cl2N4O2S/c15-6-1-2-8-9(3-6)13(18-19-14(17)23)10-4-7(16)5-11(12(8)10)20(21)22/h1-5H,(H3,17,19,23)/b18-13+. The summed E-state index contributed by atoms with van der Waals surface area (Å²) >= 11 is 16.8. The van der Waals surface area contributed by atoms with E-state index in [1.54, 1.807) is 24.3 Å². The van der Waals surface area contributed by atoms with Gasteiger partial charge in [0.25, 0.3) is 5.69 Å². The van der Waals surface area contributed by atoms with Crippen LogP contribution < -0.4 is 11.2 Å². The lowest BCUT2D eigenvalue weighted by molar-refractivity contribution is -0.384. The topological polar surface area (TPSA) is 93.5 Å². The Labute approximate surface area is 146 Å². The van der Waals surface area contributed by atoms with Gasteiger partial charge in [-0.15, -0.1) is 0 Å². The first-order valence-electron chi connectivity index (χ1n) is 6.30. The van der Waals surface area contributed by atoms with Crippen LogP contribution >= 0.6 is 35.4 Å². The summed E-state index contributed by atoms with van der Waals surface area (Å²) in [4.78, 5) is 10.9. The molecule has 0 spiro atoms. The molecule has 3 N–H and O–H groups in total. The molecule has 0 saturated carbocycles. The molecule has 0 atom stereocenters. The van der Waals surface area contributed by atoms with Crippen LogP contribution in [0.4, 0.5) is 5.69 Å². The molecular formula is C14H8Cl2N4O2S. The number of nitrogens with two attached hydrogens (primary N) is 1. The Morgan fingerprint density at radius 2 is 1.87 bits per heavy atom. The molecule has 6 nitrogen and oxygen atoms in total. The van der Waals surface area contributed by atoms with Crippen molar-refractivity contribution in [3.8, 4) is 11.1 Å². The zero-order chi connectivity index (χ0) is 16.7. The third-order valence-corrected chi connectivity index (χ3v) is 3.86. The van der Waals surface area contributed by atoms with Crippen LogP contribution in [0.25, 0.3) is 11.1 Å². The summed E-state index contributed by atoms with van der Waals surface area (Å²) in [5.41, 5.74) is 10.5. The number of nitrogens with zero attached hydrogens (tertiary/aromatic N) is 2. The molecule has 1 aliphatic rings. The van der Waals surface area contributed by atoms with Crippen LogP contribution in [-0.4, -0.2) is 15.7 Å². The second-order valence-electron chi connectivity index (χ2n) is 4.73. The number of hydrogen-bond donors (Lipinski definition) is 2. The van der Waals surface area contributed by atoms with Gasteiger partial charge in [-0.1, -0.05) is 29.3 Å².